The number of halogens is 3. The minimum absolute atomic E-state index is 0.0288. The molecule has 1 aliphatic heterocycles. The van der Waals surface area contributed by atoms with Crippen LogP contribution in [0.4, 0.5) is 13.2 Å². The molecule has 1 heterocycles. The summed E-state index contributed by atoms with van der Waals surface area (Å²) in [6.07, 6.45) is -2.16. The van der Waals surface area contributed by atoms with E-state index >= 15 is 0 Å². The number of carbonyl (C=O) groups excluding carboxylic acids is 5. The van der Waals surface area contributed by atoms with Crippen molar-refractivity contribution in [1.29, 1.82) is 0 Å². The van der Waals surface area contributed by atoms with E-state index in [1.807, 2.05) is 0 Å². The lowest BCUT2D eigenvalue weighted by Crippen LogP contribution is -2.55. The molecule has 0 unspecified atom stereocenters. The van der Waals surface area contributed by atoms with E-state index in [0.29, 0.717) is 0 Å². The topological polar surface area (TPSA) is 196 Å². The Labute approximate surface area is 322 Å². The van der Waals surface area contributed by atoms with Crippen molar-refractivity contribution >= 4 is 35.8 Å². The maximum absolute atomic E-state index is 13.8. The van der Waals surface area contributed by atoms with E-state index in [1.165, 1.54) is 25.1 Å². The average Bonchev–Trinajstić information content (AvgIpc) is 4.06. The molecule has 3 fully saturated rings. The number of nitrogens with one attached hydrogen (secondary N) is 2. The second-order valence-electron chi connectivity index (χ2n) is 15.6. The van der Waals surface area contributed by atoms with E-state index in [4.69, 9.17) is 18.9 Å². The largest absolute Gasteiger partial charge is 0.460 e. The van der Waals surface area contributed by atoms with Crippen molar-refractivity contribution in [3.8, 4) is 0 Å². The van der Waals surface area contributed by atoms with Crippen molar-refractivity contribution in [1.82, 2.24) is 10.6 Å². The highest BCUT2D eigenvalue weighted by Gasteiger charge is 2.64. The van der Waals surface area contributed by atoms with E-state index in [1.54, 1.807) is 32.9 Å². The summed E-state index contributed by atoms with van der Waals surface area (Å²) < 4.78 is 66.2. The molecule has 17 heteroatoms. The number of esters is 3. The molecular weight excluding hydrogens is 745 g/mol. The monoisotopic (exact) mass is 794 g/mol. The number of rotatable bonds is 16. The van der Waals surface area contributed by atoms with Gasteiger partial charge in [0.1, 0.15) is 30.0 Å². The number of aliphatic hydroxyl groups is 2. The molecule has 56 heavy (non-hydrogen) atoms. The molecular formula is C39H49F3N2O12. The minimum Gasteiger partial charge on any atom is -0.460 e. The first kappa shape index (κ1) is 42.8. The van der Waals surface area contributed by atoms with Crippen LogP contribution in [0.3, 0.4) is 0 Å². The molecule has 2 saturated carbocycles. The van der Waals surface area contributed by atoms with E-state index in [2.05, 4.69) is 15.4 Å². The Balaban J connectivity index is 1.31. The molecule has 2 amide bonds. The molecule has 0 radical (unpaired) electrons. The first-order chi connectivity index (χ1) is 26.3. The van der Waals surface area contributed by atoms with Crippen molar-refractivity contribution < 1.29 is 71.0 Å². The van der Waals surface area contributed by atoms with Gasteiger partial charge in [0, 0.05) is 36.3 Å². The summed E-state index contributed by atoms with van der Waals surface area (Å²) in [6.45, 7) is 4.11. The van der Waals surface area contributed by atoms with Crippen LogP contribution >= 0.6 is 0 Å². The third kappa shape index (κ3) is 11.4. The zero-order valence-electron chi connectivity index (χ0n) is 31.6. The molecule has 4 aliphatic rings. The zero-order valence-corrected chi connectivity index (χ0v) is 31.6. The summed E-state index contributed by atoms with van der Waals surface area (Å²) in [5, 5.41) is 25.5. The standard InChI is InChI=1S/C39H49F3N2O12/c1-21(46)32(35(50)43-26(19-45)14-16-31(48)55-37(2,3)4)44-34(49)23-17-28(33-29(18-23)54-39(56-33,24-10-11-24)25-12-13-25)53-36(51)27-8-6-5-7-22(27)9-15-30(47)52-20-38(40,41)42/h5-9,15,18,21,24-26,28-29,32-33,45-46H,10-14,16-17,19-20H2,1-4H3,(H,43,50)(H,44,49)/t21-,26-,28+,29+,32+,33-/m0/s1. The van der Waals surface area contributed by atoms with Crippen LogP contribution in [-0.4, -0.2) is 107 Å². The van der Waals surface area contributed by atoms with E-state index in [-0.39, 0.29) is 47.8 Å². The Morgan fingerprint density at radius 1 is 1.02 bits per heavy atom. The summed E-state index contributed by atoms with van der Waals surface area (Å²) in [5.41, 5.74) is -0.527. The number of carbonyl (C=O) groups is 5. The third-order valence-electron chi connectivity index (χ3n) is 9.65. The maximum Gasteiger partial charge on any atom is 0.422 e. The molecule has 4 N–H and O–H groups in total. The van der Waals surface area contributed by atoms with Crippen LogP contribution in [0.1, 0.15) is 88.6 Å². The number of fused-ring (bicyclic) bond motifs is 1. The van der Waals surface area contributed by atoms with Crippen molar-refractivity contribution in [2.24, 2.45) is 11.8 Å². The highest BCUT2D eigenvalue weighted by molar-refractivity contribution is 5.98. The number of hydrogen-bond donors (Lipinski definition) is 4. The fraction of sp³-hybridized carbons (Fsp3) is 0.615. The molecule has 0 bridgehead atoms. The van der Waals surface area contributed by atoms with Gasteiger partial charge in [0.15, 0.2) is 12.4 Å². The number of benzene rings is 1. The fourth-order valence-electron chi connectivity index (χ4n) is 6.78. The van der Waals surface area contributed by atoms with Gasteiger partial charge in [-0.05, 0) is 83.6 Å². The SMILES string of the molecule is C[C@H](O)[C@@H](NC(=O)C1=C[C@H]2OC(C3CC3)(C3CC3)O[C@H]2[C@H](OC(=O)c2ccccc2C=CC(=O)OCC(F)(F)F)C1)C(=O)N[C@H](CO)CCC(=O)OC(C)(C)C. The van der Waals surface area contributed by atoms with Crippen molar-refractivity contribution in [2.45, 2.75) is 127 Å². The molecule has 1 aromatic rings. The third-order valence-corrected chi connectivity index (χ3v) is 9.65. The quantitative estimate of drug-likeness (QED) is 0.108. The number of amides is 2. The van der Waals surface area contributed by atoms with Crippen LogP contribution in [0, 0.1) is 11.8 Å². The Morgan fingerprint density at radius 3 is 2.27 bits per heavy atom. The molecule has 308 valence electrons. The lowest BCUT2D eigenvalue weighted by Gasteiger charge is -2.32. The lowest BCUT2D eigenvalue weighted by atomic mass is 9.91. The second kappa shape index (κ2) is 17.4. The van der Waals surface area contributed by atoms with Gasteiger partial charge in [-0.15, -0.1) is 0 Å². The van der Waals surface area contributed by atoms with Gasteiger partial charge in [-0.1, -0.05) is 18.2 Å². The van der Waals surface area contributed by atoms with Crippen molar-refractivity contribution in [2.75, 3.05) is 13.2 Å². The summed E-state index contributed by atoms with van der Waals surface area (Å²) in [7, 11) is 0. The van der Waals surface area contributed by atoms with Gasteiger partial charge in [0.25, 0.3) is 0 Å². The highest BCUT2D eigenvalue weighted by Crippen LogP contribution is 2.59. The molecule has 3 aliphatic carbocycles. The van der Waals surface area contributed by atoms with Crippen molar-refractivity contribution in [3.05, 3.63) is 53.1 Å². The van der Waals surface area contributed by atoms with Gasteiger partial charge in [-0.25, -0.2) is 9.59 Å². The maximum atomic E-state index is 13.8. The number of aliphatic hydroxyl groups excluding tert-OH is 2. The van der Waals surface area contributed by atoms with E-state index in [9.17, 15) is 47.4 Å². The predicted octanol–water partition coefficient (Wildman–Crippen LogP) is 3.43. The van der Waals surface area contributed by atoms with Crippen LogP contribution in [0.15, 0.2) is 42.0 Å². The molecule has 6 atom stereocenters. The first-order valence-corrected chi connectivity index (χ1v) is 18.7. The van der Waals surface area contributed by atoms with Gasteiger partial charge in [-0.3, -0.25) is 14.4 Å². The fourth-order valence-corrected chi connectivity index (χ4v) is 6.78. The van der Waals surface area contributed by atoms with Crippen LogP contribution in [-0.2, 0) is 42.9 Å². The first-order valence-electron chi connectivity index (χ1n) is 18.7. The van der Waals surface area contributed by atoms with Gasteiger partial charge in [0.05, 0.1) is 24.3 Å². The number of alkyl halides is 3. The smallest absolute Gasteiger partial charge is 0.422 e. The summed E-state index contributed by atoms with van der Waals surface area (Å²) in [4.78, 5) is 65.0. The summed E-state index contributed by atoms with van der Waals surface area (Å²) >= 11 is 0. The normalized spacial score (nSPS) is 23.6. The summed E-state index contributed by atoms with van der Waals surface area (Å²) in [5.74, 6) is -4.96. The van der Waals surface area contributed by atoms with Crippen LogP contribution in [0.25, 0.3) is 6.08 Å². The number of hydrogen-bond acceptors (Lipinski definition) is 12. The molecule has 0 aromatic heterocycles. The van der Waals surface area contributed by atoms with E-state index in [0.717, 1.165) is 37.8 Å². The van der Waals surface area contributed by atoms with Crippen molar-refractivity contribution in [3.63, 3.8) is 0 Å². The van der Waals surface area contributed by atoms with Gasteiger partial charge in [-0.2, -0.15) is 13.2 Å². The van der Waals surface area contributed by atoms with Gasteiger partial charge < -0.3 is 44.5 Å². The number of ether oxygens (including phenoxy) is 5. The Kier molecular flexibility index (Phi) is 13.3. The molecule has 0 spiro atoms. The Hall–Kier alpha value is -4.32. The molecule has 5 rings (SSSR count). The zero-order chi connectivity index (χ0) is 41.0. The second-order valence-corrected chi connectivity index (χ2v) is 15.6. The average molecular weight is 795 g/mol. The minimum atomic E-state index is -4.72. The Morgan fingerprint density at radius 2 is 1.68 bits per heavy atom. The van der Waals surface area contributed by atoms with E-state index < -0.39 is 97.0 Å². The van der Waals surface area contributed by atoms with Gasteiger partial charge in [0.2, 0.25) is 11.8 Å². The molecule has 14 nitrogen and oxygen atoms in total. The van der Waals surface area contributed by atoms with Crippen LogP contribution in [0.5, 0.6) is 0 Å². The highest BCUT2D eigenvalue weighted by atomic mass is 19.4. The molecule has 1 saturated heterocycles. The lowest BCUT2D eigenvalue weighted by molar-refractivity contribution is -0.209. The van der Waals surface area contributed by atoms with Crippen LogP contribution < -0.4 is 10.6 Å². The van der Waals surface area contributed by atoms with Crippen LogP contribution in [0.2, 0.25) is 0 Å². The van der Waals surface area contributed by atoms with Gasteiger partial charge >= 0.3 is 24.1 Å². The Bertz CT molecular complexity index is 1680. The predicted molar refractivity (Wildman–Crippen MR) is 190 cm³/mol. The summed E-state index contributed by atoms with van der Waals surface area (Å²) in [6, 6.07) is 3.54. The molecule has 1 aromatic carbocycles.